The van der Waals surface area contributed by atoms with Crippen molar-refractivity contribution in [1.29, 1.82) is 0 Å². The molecule has 0 spiro atoms. The molecular formula is C19H26F3N3O. The average molecular weight is 369 g/mol. The Hall–Kier alpha value is -1.76. The fourth-order valence-electron chi connectivity index (χ4n) is 3.78. The summed E-state index contributed by atoms with van der Waals surface area (Å²) < 4.78 is 44.9. The van der Waals surface area contributed by atoms with Crippen LogP contribution in [0.4, 0.5) is 13.2 Å². The van der Waals surface area contributed by atoms with Crippen molar-refractivity contribution >= 4 is 5.96 Å². The van der Waals surface area contributed by atoms with Gasteiger partial charge in [-0.1, -0.05) is 18.2 Å². The standard InChI is InChI=1S/C19H26F3N3O/c20-19(21,22)16-6-4-5-15(13-16)18(7-11-26-12-8-18)14-24-17(23)25-9-2-1-3-10-25/h4-6,13H,1-3,7-12,14H2,(H2,23,24). The number of guanidine groups is 1. The Balaban J connectivity index is 1.85. The maximum absolute atomic E-state index is 13.1. The van der Waals surface area contributed by atoms with Gasteiger partial charge in [-0.15, -0.1) is 0 Å². The molecule has 0 aromatic heterocycles. The van der Waals surface area contributed by atoms with Gasteiger partial charge in [0.05, 0.1) is 12.1 Å². The quantitative estimate of drug-likeness (QED) is 0.655. The summed E-state index contributed by atoms with van der Waals surface area (Å²) in [5.41, 5.74) is 5.76. The van der Waals surface area contributed by atoms with Gasteiger partial charge in [0.1, 0.15) is 0 Å². The van der Waals surface area contributed by atoms with Crippen molar-refractivity contribution in [3.05, 3.63) is 35.4 Å². The van der Waals surface area contributed by atoms with E-state index in [0.717, 1.165) is 32.0 Å². The molecule has 2 heterocycles. The highest BCUT2D eigenvalue weighted by atomic mass is 19.4. The number of hydrogen-bond donors (Lipinski definition) is 1. The van der Waals surface area contributed by atoms with Gasteiger partial charge >= 0.3 is 6.18 Å². The van der Waals surface area contributed by atoms with Crippen LogP contribution in [0.15, 0.2) is 29.3 Å². The Bertz CT molecular complexity index is 633. The fraction of sp³-hybridized carbons (Fsp3) is 0.632. The van der Waals surface area contributed by atoms with Crippen LogP contribution in [0.3, 0.4) is 0 Å². The van der Waals surface area contributed by atoms with Crippen LogP contribution in [0.1, 0.15) is 43.2 Å². The van der Waals surface area contributed by atoms with Gasteiger partial charge in [-0.25, -0.2) is 0 Å². The molecule has 4 nitrogen and oxygen atoms in total. The molecule has 0 radical (unpaired) electrons. The number of hydrogen-bond acceptors (Lipinski definition) is 2. The Morgan fingerprint density at radius 2 is 1.85 bits per heavy atom. The van der Waals surface area contributed by atoms with Crippen LogP contribution >= 0.6 is 0 Å². The monoisotopic (exact) mass is 369 g/mol. The van der Waals surface area contributed by atoms with E-state index in [0.29, 0.717) is 44.1 Å². The number of aliphatic imine (C=N–C) groups is 1. The lowest BCUT2D eigenvalue weighted by Gasteiger charge is -2.37. The maximum atomic E-state index is 13.1. The molecule has 0 atom stereocenters. The zero-order valence-electron chi connectivity index (χ0n) is 14.9. The molecule has 1 aromatic rings. The van der Waals surface area contributed by atoms with E-state index < -0.39 is 17.2 Å². The minimum absolute atomic E-state index is 0.389. The lowest BCUT2D eigenvalue weighted by Crippen LogP contribution is -2.43. The van der Waals surface area contributed by atoms with Crippen molar-refractivity contribution in [3.63, 3.8) is 0 Å². The largest absolute Gasteiger partial charge is 0.416 e. The first-order chi connectivity index (χ1) is 12.4. The van der Waals surface area contributed by atoms with Gasteiger partial charge in [0.25, 0.3) is 0 Å². The van der Waals surface area contributed by atoms with Gasteiger partial charge in [-0.2, -0.15) is 13.2 Å². The van der Waals surface area contributed by atoms with Gasteiger partial charge in [-0.05, 0) is 43.7 Å². The first-order valence-corrected chi connectivity index (χ1v) is 9.21. The first-order valence-electron chi connectivity index (χ1n) is 9.21. The minimum Gasteiger partial charge on any atom is -0.381 e. The smallest absolute Gasteiger partial charge is 0.381 e. The summed E-state index contributed by atoms with van der Waals surface area (Å²) in [6, 6.07) is 5.63. The minimum atomic E-state index is -4.35. The molecule has 2 aliphatic rings. The van der Waals surface area contributed by atoms with Crippen LogP contribution in [0.5, 0.6) is 0 Å². The molecule has 26 heavy (non-hydrogen) atoms. The van der Waals surface area contributed by atoms with Gasteiger partial charge in [-0.3, -0.25) is 4.99 Å². The van der Waals surface area contributed by atoms with E-state index in [4.69, 9.17) is 10.5 Å². The number of benzene rings is 1. The molecule has 2 fully saturated rings. The third-order valence-corrected chi connectivity index (χ3v) is 5.48. The van der Waals surface area contributed by atoms with Gasteiger partial charge in [0.15, 0.2) is 5.96 Å². The van der Waals surface area contributed by atoms with Crippen molar-refractivity contribution in [3.8, 4) is 0 Å². The summed E-state index contributed by atoms with van der Waals surface area (Å²) >= 11 is 0. The Labute approximate surface area is 152 Å². The number of ether oxygens (including phenoxy) is 1. The normalized spacial score (nSPS) is 21.7. The molecule has 0 aliphatic carbocycles. The van der Waals surface area contributed by atoms with E-state index in [1.54, 1.807) is 6.07 Å². The lowest BCUT2D eigenvalue weighted by molar-refractivity contribution is -0.137. The second kappa shape index (κ2) is 7.86. The van der Waals surface area contributed by atoms with Crippen LogP contribution < -0.4 is 5.73 Å². The Morgan fingerprint density at radius 1 is 1.15 bits per heavy atom. The first kappa shape index (κ1) is 19.0. The number of alkyl halides is 3. The predicted octanol–water partition coefficient (Wildman–Crippen LogP) is 3.55. The van der Waals surface area contributed by atoms with Gasteiger partial charge in [0, 0.05) is 31.7 Å². The number of nitrogens with two attached hydrogens (primary N) is 1. The predicted molar refractivity (Wildman–Crippen MR) is 95.1 cm³/mol. The molecule has 0 amide bonds. The summed E-state index contributed by atoms with van der Waals surface area (Å²) in [4.78, 5) is 6.67. The number of piperidine rings is 1. The third-order valence-electron chi connectivity index (χ3n) is 5.48. The zero-order chi connectivity index (χ0) is 18.6. The van der Waals surface area contributed by atoms with Gasteiger partial charge in [0.2, 0.25) is 0 Å². The van der Waals surface area contributed by atoms with Crippen LogP contribution in [0, 0.1) is 0 Å². The highest BCUT2D eigenvalue weighted by Gasteiger charge is 2.37. The van der Waals surface area contributed by atoms with Crippen molar-refractivity contribution < 1.29 is 17.9 Å². The van der Waals surface area contributed by atoms with E-state index in [1.165, 1.54) is 18.6 Å². The second-order valence-corrected chi connectivity index (χ2v) is 7.19. The molecule has 0 saturated carbocycles. The summed E-state index contributed by atoms with van der Waals surface area (Å²) in [6.45, 7) is 3.23. The molecule has 7 heteroatoms. The molecule has 0 bridgehead atoms. The van der Waals surface area contributed by atoms with Crippen molar-refractivity contribution in [2.45, 2.75) is 43.7 Å². The fourth-order valence-corrected chi connectivity index (χ4v) is 3.78. The summed E-state index contributed by atoms with van der Waals surface area (Å²) in [5, 5.41) is 0. The lowest BCUT2D eigenvalue weighted by atomic mass is 9.74. The van der Waals surface area contributed by atoms with Crippen LogP contribution in [-0.2, 0) is 16.3 Å². The number of halogens is 3. The maximum Gasteiger partial charge on any atom is 0.416 e. The zero-order valence-corrected chi connectivity index (χ0v) is 14.9. The molecular weight excluding hydrogens is 343 g/mol. The van der Waals surface area contributed by atoms with E-state index in [1.807, 2.05) is 0 Å². The highest BCUT2D eigenvalue weighted by molar-refractivity contribution is 5.78. The molecule has 3 rings (SSSR count). The van der Waals surface area contributed by atoms with Crippen LogP contribution in [0.2, 0.25) is 0 Å². The van der Waals surface area contributed by atoms with E-state index >= 15 is 0 Å². The van der Waals surface area contributed by atoms with E-state index in [2.05, 4.69) is 9.89 Å². The molecule has 0 unspecified atom stereocenters. The van der Waals surface area contributed by atoms with Crippen molar-refractivity contribution in [2.24, 2.45) is 10.7 Å². The number of rotatable bonds is 3. The van der Waals surface area contributed by atoms with Gasteiger partial charge < -0.3 is 15.4 Å². The Kier molecular flexibility index (Phi) is 5.75. The number of likely N-dealkylation sites (tertiary alicyclic amines) is 1. The average Bonchev–Trinajstić information content (AvgIpc) is 2.67. The summed E-state index contributed by atoms with van der Waals surface area (Å²) in [5.74, 6) is 0.502. The van der Waals surface area contributed by atoms with Crippen LogP contribution in [0.25, 0.3) is 0 Å². The van der Waals surface area contributed by atoms with Crippen molar-refractivity contribution in [2.75, 3.05) is 32.8 Å². The molecule has 1 aromatic carbocycles. The van der Waals surface area contributed by atoms with Crippen molar-refractivity contribution in [1.82, 2.24) is 4.90 Å². The van der Waals surface area contributed by atoms with E-state index in [-0.39, 0.29) is 0 Å². The summed E-state index contributed by atoms with van der Waals surface area (Å²) in [7, 11) is 0. The molecule has 2 N–H and O–H groups in total. The second-order valence-electron chi connectivity index (χ2n) is 7.19. The highest BCUT2D eigenvalue weighted by Crippen LogP contribution is 2.38. The topological polar surface area (TPSA) is 50.9 Å². The number of nitrogens with zero attached hydrogens (tertiary/aromatic N) is 2. The molecule has 2 aliphatic heterocycles. The molecule has 2 saturated heterocycles. The SMILES string of the molecule is NC(=NCC1(c2cccc(C(F)(F)F)c2)CCOCC1)N1CCCCC1. The molecule has 144 valence electrons. The third kappa shape index (κ3) is 4.31. The Morgan fingerprint density at radius 3 is 2.50 bits per heavy atom. The van der Waals surface area contributed by atoms with Crippen LogP contribution in [-0.4, -0.2) is 43.7 Å². The summed E-state index contributed by atoms with van der Waals surface area (Å²) in [6.07, 6.45) is 0.343. The van der Waals surface area contributed by atoms with E-state index in [9.17, 15) is 13.2 Å².